The second-order valence-corrected chi connectivity index (χ2v) is 14.0. The first kappa shape index (κ1) is 34.5. The van der Waals surface area contributed by atoms with Crippen molar-refractivity contribution in [3.8, 4) is 28.1 Å². The zero-order chi connectivity index (χ0) is 35.1. The molecule has 9 nitrogen and oxygen atoms in total. The van der Waals surface area contributed by atoms with E-state index in [0.29, 0.717) is 54.1 Å². The molecule has 0 spiro atoms. The Morgan fingerprint density at radius 1 is 1.10 bits per heavy atom. The van der Waals surface area contributed by atoms with E-state index in [1.165, 1.54) is 7.11 Å². The number of anilines is 1. The number of nitrogens with zero attached hydrogens (tertiary/aromatic N) is 3. The summed E-state index contributed by atoms with van der Waals surface area (Å²) in [6.45, 7) is 11.5. The van der Waals surface area contributed by atoms with Crippen LogP contribution in [0.15, 0.2) is 60.8 Å². The molecule has 3 aliphatic rings. The molecule has 1 fully saturated rings. The number of imidazole rings is 1. The Bertz CT molecular complexity index is 1890. The van der Waals surface area contributed by atoms with Crippen molar-refractivity contribution in [1.29, 1.82) is 0 Å². The molecule has 2 N–H and O–H groups in total. The number of esters is 1. The SMILES string of the molecule is COC(=O)[C@@H](OC(C)(C)C)c1c(C)cc2nc3cn2c1N1CCC(C)(CC1)OC/C=C/C[C@H](N)Oc1cc(F)cc(F)c1-c1cccc-3c1. The highest BCUT2D eigenvalue weighted by Crippen LogP contribution is 2.41. The lowest BCUT2D eigenvalue weighted by molar-refractivity contribution is -0.164. The van der Waals surface area contributed by atoms with Crippen LogP contribution in [0.1, 0.15) is 64.2 Å². The number of aromatic nitrogens is 2. The van der Waals surface area contributed by atoms with Crippen molar-refractivity contribution in [2.24, 2.45) is 5.73 Å². The fraction of sp³-hybridized carbons (Fsp3) is 0.421. The van der Waals surface area contributed by atoms with Crippen LogP contribution in [0.4, 0.5) is 14.6 Å². The number of piperidine rings is 1. The maximum absolute atomic E-state index is 15.5. The van der Waals surface area contributed by atoms with E-state index in [1.807, 2.05) is 62.6 Å². The van der Waals surface area contributed by atoms with Crippen LogP contribution in [0.2, 0.25) is 0 Å². The van der Waals surface area contributed by atoms with E-state index in [1.54, 1.807) is 18.2 Å². The van der Waals surface area contributed by atoms with Gasteiger partial charge in [0.05, 0.1) is 36.2 Å². The number of benzene rings is 2. The molecular formula is C38H44F2N4O5. The molecule has 0 aliphatic carbocycles. The summed E-state index contributed by atoms with van der Waals surface area (Å²) in [5, 5.41) is 0. The fourth-order valence-electron chi connectivity index (χ4n) is 6.57. The predicted molar refractivity (Wildman–Crippen MR) is 184 cm³/mol. The molecule has 0 amide bonds. The Morgan fingerprint density at radius 3 is 2.55 bits per heavy atom. The summed E-state index contributed by atoms with van der Waals surface area (Å²) in [6, 6.07) is 11.1. The number of halogens is 2. The number of aryl methyl sites for hydroxylation is 1. The maximum Gasteiger partial charge on any atom is 0.339 e. The third kappa shape index (κ3) is 7.34. The van der Waals surface area contributed by atoms with E-state index in [0.717, 1.165) is 36.4 Å². The van der Waals surface area contributed by atoms with Gasteiger partial charge in [-0.05, 0) is 70.7 Å². The van der Waals surface area contributed by atoms with Crippen LogP contribution in [0, 0.1) is 18.6 Å². The van der Waals surface area contributed by atoms with Gasteiger partial charge in [0.15, 0.2) is 12.3 Å². The van der Waals surface area contributed by atoms with Crippen molar-refractivity contribution < 1.29 is 32.5 Å². The molecule has 2 atom stereocenters. The van der Waals surface area contributed by atoms with Crippen molar-refractivity contribution in [1.82, 2.24) is 9.38 Å². The summed E-state index contributed by atoms with van der Waals surface area (Å²) in [4.78, 5) is 20.7. The molecule has 49 heavy (non-hydrogen) atoms. The van der Waals surface area contributed by atoms with Gasteiger partial charge in [-0.2, -0.15) is 0 Å². The van der Waals surface area contributed by atoms with E-state index < -0.39 is 35.5 Å². The molecule has 0 unspecified atom stereocenters. The molecule has 260 valence electrons. The van der Waals surface area contributed by atoms with Gasteiger partial charge >= 0.3 is 5.97 Å². The van der Waals surface area contributed by atoms with E-state index in [9.17, 15) is 9.18 Å². The standard InChI is InChI=1S/C38H44F2N4O5/c1-23-18-31-42-28-22-44(31)35(32(23)34(36(45)46-6)49-37(2,3)4)43-15-13-38(5,14-16-43)47-17-8-7-12-30(41)48-29-21-26(39)20-27(40)33(29)25-11-9-10-24(28)19-25/h7-11,18-22,30,34H,12-17,41H2,1-6H3/b8-7+/t30-,34+/m1/s1. The monoisotopic (exact) mass is 674 g/mol. The lowest BCUT2D eigenvalue weighted by Gasteiger charge is -2.41. The van der Waals surface area contributed by atoms with Gasteiger partial charge in [0.25, 0.3) is 0 Å². The van der Waals surface area contributed by atoms with Crippen molar-refractivity contribution in [3.63, 3.8) is 0 Å². The highest BCUT2D eigenvalue weighted by Gasteiger charge is 2.37. The number of rotatable bonds is 3. The van der Waals surface area contributed by atoms with Crippen LogP contribution in [0.5, 0.6) is 5.75 Å². The molecule has 0 radical (unpaired) electrons. The summed E-state index contributed by atoms with van der Waals surface area (Å²) in [6.07, 6.45) is 5.60. The quantitative estimate of drug-likeness (QED) is 0.179. The number of methoxy groups -OCH3 is 1. The number of nitrogens with two attached hydrogens (primary N) is 1. The predicted octanol–water partition coefficient (Wildman–Crippen LogP) is 7.28. The smallest absolute Gasteiger partial charge is 0.339 e. The number of carbonyl (C=O) groups is 1. The molecule has 7 rings (SSSR count). The van der Waals surface area contributed by atoms with E-state index in [4.69, 9.17) is 29.7 Å². The highest BCUT2D eigenvalue weighted by atomic mass is 19.1. The molecule has 2 aromatic heterocycles. The molecule has 6 bridgehead atoms. The molecular weight excluding hydrogens is 630 g/mol. The van der Waals surface area contributed by atoms with Crippen LogP contribution in [0.25, 0.3) is 28.0 Å². The molecule has 5 heterocycles. The Balaban J connectivity index is 1.57. The van der Waals surface area contributed by atoms with Gasteiger partial charge in [0.1, 0.15) is 28.8 Å². The first-order valence-corrected chi connectivity index (χ1v) is 16.6. The second kappa shape index (κ2) is 13.5. The van der Waals surface area contributed by atoms with Crippen LogP contribution < -0.4 is 15.4 Å². The van der Waals surface area contributed by atoms with Gasteiger partial charge in [-0.1, -0.05) is 30.4 Å². The highest BCUT2D eigenvalue weighted by molar-refractivity contribution is 5.82. The van der Waals surface area contributed by atoms with Gasteiger partial charge in [-0.3, -0.25) is 10.1 Å². The van der Waals surface area contributed by atoms with Crippen LogP contribution in [-0.4, -0.2) is 59.6 Å². The molecule has 11 heteroatoms. The number of pyridine rings is 1. The van der Waals surface area contributed by atoms with E-state index >= 15 is 4.39 Å². The van der Waals surface area contributed by atoms with Crippen molar-refractivity contribution in [3.05, 3.63) is 83.6 Å². The Morgan fingerprint density at radius 2 is 1.84 bits per heavy atom. The normalized spacial score (nSPS) is 21.2. The largest absolute Gasteiger partial charge is 0.474 e. The number of hydrogen-bond donors (Lipinski definition) is 1. The van der Waals surface area contributed by atoms with Crippen LogP contribution in [-0.2, 0) is 19.0 Å². The lowest BCUT2D eigenvalue weighted by Crippen LogP contribution is -2.45. The molecule has 1 saturated heterocycles. The Hall–Kier alpha value is -4.32. The third-order valence-corrected chi connectivity index (χ3v) is 9.05. The summed E-state index contributed by atoms with van der Waals surface area (Å²) in [7, 11) is 1.36. The Labute approximate surface area is 285 Å². The fourth-order valence-corrected chi connectivity index (χ4v) is 6.57. The minimum absolute atomic E-state index is 0.00378. The van der Waals surface area contributed by atoms with Gasteiger partial charge in [-0.15, -0.1) is 0 Å². The van der Waals surface area contributed by atoms with Crippen molar-refractivity contribution in [2.75, 3.05) is 31.7 Å². The first-order valence-electron chi connectivity index (χ1n) is 16.6. The van der Waals surface area contributed by atoms with Crippen molar-refractivity contribution in [2.45, 2.75) is 77.4 Å². The number of fused-ring (bicyclic) bond motifs is 7. The Kier molecular flexibility index (Phi) is 9.54. The van der Waals surface area contributed by atoms with Gasteiger partial charge in [0.2, 0.25) is 0 Å². The molecule has 3 aliphatic heterocycles. The minimum atomic E-state index is -0.995. The second-order valence-electron chi connectivity index (χ2n) is 14.0. The summed E-state index contributed by atoms with van der Waals surface area (Å²) >= 11 is 0. The molecule has 4 aromatic rings. The van der Waals surface area contributed by atoms with E-state index in [-0.39, 0.29) is 16.9 Å². The lowest BCUT2D eigenvalue weighted by atomic mass is 9.92. The number of ether oxygens (including phenoxy) is 4. The minimum Gasteiger partial charge on any atom is -0.474 e. The number of hydrogen-bond acceptors (Lipinski definition) is 8. The average Bonchev–Trinajstić information content (AvgIpc) is 3.46. The van der Waals surface area contributed by atoms with Crippen molar-refractivity contribution >= 4 is 17.4 Å². The third-order valence-electron chi connectivity index (χ3n) is 9.05. The maximum atomic E-state index is 15.5. The zero-order valence-corrected chi connectivity index (χ0v) is 28.9. The van der Waals surface area contributed by atoms with Gasteiger partial charge < -0.3 is 23.8 Å². The van der Waals surface area contributed by atoms with Gasteiger partial charge in [-0.25, -0.2) is 18.6 Å². The zero-order valence-electron chi connectivity index (χ0n) is 28.9. The van der Waals surface area contributed by atoms with E-state index in [2.05, 4.69) is 11.8 Å². The summed E-state index contributed by atoms with van der Waals surface area (Å²) in [5.74, 6) is -1.24. The van der Waals surface area contributed by atoms with Crippen LogP contribution in [0.3, 0.4) is 0 Å². The number of carbonyl (C=O) groups excluding carboxylic acids is 1. The average molecular weight is 675 g/mol. The molecule has 2 aromatic carbocycles. The molecule has 0 saturated carbocycles. The summed E-state index contributed by atoms with van der Waals surface area (Å²) in [5.41, 5.74) is 9.32. The van der Waals surface area contributed by atoms with Crippen LogP contribution >= 0.6 is 0 Å². The first-order chi connectivity index (χ1) is 23.2. The topological polar surface area (TPSA) is 101 Å². The van der Waals surface area contributed by atoms with Gasteiger partial charge in [0, 0.05) is 49.0 Å². The summed E-state index contributed by atoms with van der Waals surface area (Å²) < 4.78 is 55.9.